The molecule has 10 heteroatoms. The Morgan fingerprint density at radius 2 is 1.37 bits per heavy atom. The first-order valence-electron chi connectivity index (χ1n) is 10.7. The molecule has 0 saturated heterocycles. The molecule has 4 aromatic carbocycles. The minimum atomic E-state index is -1.00. The van der Waals surface area contributed by atoms with Gasteiger partial charge in [0, 0.05) is 31.7 Å². The molecule has 0 unspecified atom stereocenters. The van der Waals surface area contributed by atoms with Crippen molar-refractivity contribution in [3.8, 4) is 0 Å². The summed E-state index contributed by atoms with van der Waals surface area (Å²) in [4.78, 5) is 0. The van der Waals surface area contributed by atoms with Gasteiger partial charge in [0.15, 0.2) is 0 Å². The average molecular weight is 617 g/mol. The first-order chi connectivity index (χ1) is 17.4. The third-order valence-electron chi connectivity index (χ3n) is 4.99. The minimum absolute atomic E-state index is 0.694. The van der Waals surface area contributed by atoms with Gasteiger partial charge in [0.2, 0.25) is 0 Å². The van der Waals surface area contributed by atoms with Gasteiger partial charge in [-0.05, 0) is 68.3 Å². The normalized spacial score (nSPS) is 10.5. The molecule has 0 aliphatic heterocycles. The van der Waals surface area contributed by atoms with Crippen LogP contribution in [0.1, 0.15) is 1.37 Å². The van der Waals surface area contributed by atoms with Gasteiger partial charge in [0.25, 0.3) is 0 Å². The third-order valence-corrected chi connectivity index (χ3v) is 6.47. The maximum absolute atomic E-state index is 9.96. The topological polar surface area (TPSA) is 90.7 Å². The Morgan fingerprint density at radius 3 is 2.03 bits per heavy atom. The fraction of sp³-hybridized carbons (Fsp3) is 0.0400. The van der Waals surface area contributed by atoms with Crippen molar-refractivity contribution in [2.75, 3.05) is 18.6 Å². The molecule has 4 N–H and O–H groups in total. The van der Waals surface area contributed by atoms with Crippen LogP contribution in [0.25, 0.3) is 43.9 Å². The zero-order valence-electron chi connectivity index (χ0n) is 19.2. The Bertz CT molecular complexity index is 1640. The summed E-state index contributed by atoms with van der Waals surface area (Å²) < 4.78 is 31.3. The maximum atomic E-state index is 9.96. The molecule has 1 radical (unpaired) electrons. The van der Waals surface area contributed by atoms with Crippen molar-refractivity contribution in [2.45, 2.75) is 0 Å². The number of rotatable bonds is 0. The number of furan rings is 2. The molecule has 5 nitrogen and oxygen atoms in total. The monoisotopic (exact) mass is 615 g/mol. The molecule has 0 spiro atoms. The molecule has 0 saturated carbocycles. The molecule has 6 aromatic rings. The van der Waals surface area contributed by atoms with Crippen molar-refractivity contribution in [2.24, 2.45) is 4.30 Å². The van der Waals surface area contributed by atoms with E-state index in [4.69, 9.17) is 21.7 Å². The molecule has 0 aliphatic rings. The number of hydrogen-bond acceptors (Lipinski definition) is 6. The molecule has 0 atom stereocenters. The number of nitrogen functional groups attached to an aromatic ring is 2. The summed E-state index contributed by atoms with van der Waals surface area (Å²) in [5, 5.41) is 4.30. The van der Waals surface area contributed by atoms with E-state index in [1.54, 1.807) is 0 Å². The first-order valence-corrected chi connectivity index (χ1v) is 12.0. The van der Waals surface area contributed by atoms with Crippen LogP contribution in [0.4, 0.5) is 15.8 Å². The van der Waals surface area contributed by atoms with Gasteiger partial charge < -0.3 is 20.3 Å². The molecule has 0 bridgehead atoms. The summed E-state index contributed by atoms with van der Waals surface area (Å²) in [5.41, 5.74) is 16.7. The second-order valence-electron chi connectivity index (χ2n) is 7.03. The predicted molar refractivity (Wildman–Crippen MR) is 156 cm³/mol. The van der Waals surface area contributed by atoms with E-state index in [1.807, 2.05) is 72.8 Å². The zero-order valence-corrected chi connectivity index (χ0v) is 22.3. The third kappa shape index (κ3) is 5.71. The number of para-hydroxylation sites is 2. The van der Waals surface area contributed by atoms with Crippen LogP contribution < -0.4 is 11.5 Å². The van der Waals surface area contributed by atoms with Crippen LogP contribution in [-0.4, -0.2) is 14.8 Å². The number of nitrogens with zero attached hydrogens (tertiary/aromatic N) is 1. The van der Waals surface area contributed by atoms with Gasteiger partial charge in [-0.3, -0.25) is 4.39 Å². The van der Waals surface area contributed by atoms with E-state index in [9.17, 15) is 4.39 Å². The van der Waals surface area contributed by atoms with Crippen LogP contribution >= 0.6 is 44.7 Å². The average Bonchev–Trinajstić information content (AvgIpc) is 3.42. The Kier molecular flexibility index (Phi) is 8.84. The Balaban J connectivity index is 0.000000166. The number of benzene rings is 4. The molecule has 6 rings (SSSR count). The van der Waals surface area contributed by atoms with Crippen LogP contribution in [0, 0.1) is 0 Å². The van der Waals surface area contributed by atoms with E-state index in [1.165, 1.54) is 0 Å². The van der Waals surface area contributed by atoms with Crippen LogP contribution in [0.2, 0.25) is 0 Å². The summed E-state index contributed by atoms with van der Waals surface area (Å²) >= 11 is 10.1. The van der Waals surface area contributed by atoms with Crippen LogP contribution in [0.3, 0.4) is 0 Å². The summed E-state index contributed by atoms with van der Waals surface area (Å²) in [6.45, 7) is 0. The van der Waals surface area contributed by atoms with Crippen molar-refractivity contribution in [3.63, 3.8) is 0 Å². The van der Waals surface area contributed by atoms with Crippen molar-refractivity contribution >= 4 is 108 Å². The fourth-order valence-electron chi connectivity index (χ4n) is 3.57. The fourth-order valence-corrected chi connectivity index (χ4v) is 4.86. The standard InChI is InChI=1S/C12H7Br2NO.C12H9NO.CH3F.BHNS/c13-7-5-9-10(11(14)12(7)15)6-3-1-2-4-8(6)16-9;13-8-5-6-12-10(7-8)9-3-1-2-4-11(9)14-12;1-2;1-2-3/h1-5H,15H2;1-7H,13H2;1H3;3H/i;;1D;. The van der Waals surface area contributed by atoms with Gasteiger partial charge in [-0.15, -0.1) is 0 Å². The van der Waals surface area contributed by atoms with E-state index >= 15 is 0 Å². The predicted octanol–water partition coefficient (Wildman–Crippen LogP) is 8.63. The molecule has 0 fully saturated rings. The summed E-state index contributed by atoms with van der Waals surface area (Å²) in [6.07, 6.45) is 0. The van der Waals surface area contributed by atoms with Gasteiger partial charge in [-0.2, -0.15) is 0 Å². The van der Waals surface area contributed by atoms with E-state index in [0.717, 1.165) is 58.5 Å². The van der Waals surface area contributed by atoms with E-state index < -0.39 is 7.15 Å². The zero-order chi connectivity index (χ0) is 26.2. The molecule has 2 aromatic heterocycles. The van der Waals surface area contributed by atoms with E-state index in [-0.39, 0.29) is 0 Å². The number of thiol groups is 1. The Morgan fingerprint density at radius 1 is 0.857 bits per heavy atom. The second-order valence-corrected chi connectivity index (χ2v) is 8.90. The van der Waals surface area contributed by atoms with Gasteiger partial charge in [0.05, 0.1) is 18.7 Å². The summed E-state index contributed by atoms with van der Waals surface area (Å²) in [6, 6.07) is 23.5. The van der Waals surface area contributed by atoms with Crippen molar-refractivity contribution in [1.82, 2.24) is 0 Å². The van der Waals surface area contributed by atoms with Crippen molar-refractivity contribution in [1.29, 1.82) is 0 Å². The number of alkyl halides is 1. The summed E-state index contributed by atoms with van der Waals surface area (Å²) in [7, 11) is 3.34. The Labute approximate surface area is 226 Å². The summed E-state index contributed by atoms with van der Waals surface area (Å²) in [5.74, 6) is 0. The van der Waals surface area contributed by atoms with Crippen molar-refractivity contribution in [3.05, 3.63) is 81.7 Å². The molecule has 35 heavy (non-hydrogen) atoms. The van der Waals surface area contributed by atoms with Crippen LogP contribution in [0.15, 0.2) is 94.9 Å². The number of nitrogens with two attached hydrogens (primary N) is 2. The van der Waals surface area contributed by atoms with Crippen LogP contribution in [-0.2, 0) is 0 Å². The van der Waals surface area contributed by atoms with Gasteiger partial charge in [0.1, 0.15) is 22.3 Å². The van der Waals surface area contributed by atoms with Gasteiger partial charge >= 0.3 is 24.8 Å². The SMILES string of the molecule is Nc1c(Br)cc2oc3ccccc3c2c1Br.Nc1ccc2oc3ccccc3c2c1.[2H]CF.[B]=NS. The molecular weight excluding hydrogens is 596 g/mol. The van der Waals surface area contributed by atoms with Crippen molar-refractivity contribution < 1.29 is 14.6 Å². The molecule has 2 heterocycles. The second kappa shape index (κ2) is 12.2. The Hall–Kier alpha value is -2.82. The number of halogens is 3. The van der Waals surface area contributed by atoms with Gasteiger partial charge in [-0.25, -0.2) is 0 Å². The van der Waals surface area contributed by atoms with Gasteiger partial charge in [-0.1, -0.05) is 36.4 Å². The number of anilines is 2. The molecule has 177 valence electrons. The van der Waals surface area contributed by atoms with E-state index in [2.05, 4.69) is 56.6 Å². The number of fused-ring (bicyclic) bond motifs is 6. The quantitative estimate of drug-likeness (QED) is 0.0905. The van der Waals surface area contributed by atoms with E-state index in [0.29, 0.717) is 5.69 Å². The molecule has 0 amide bonds. The number of hydrogen-bond donors (Lipinski definition) is 3. The molecule has 0 aliphatic carbocycles. The molecular formula is C25H20BBr2FN3O2S. The van der Waals surface area contributed by atoms with Crippen LogP contribution in [0.5, 0.6) is 0 Å². The first kappa shape index (κ1) is 25.3.